The molecule has 0 radical (unpaired) electrons. The van der Waals surface area contributed by atoms with E-state index in [1.54, 1.807) is 36.6 Å². The van der Waals surface area contributed by atoms with Gasteiger partial charge in [0, 0.05) is 29.1 Å². The lowest BCUT2D eigenvalue weighted by molar-refractivity contribution is -0.119. The number of carbonyl (C=O) groups is 2. The first-order chi connectivity index (χ1) is 15.1. The van der Waals surface area contributed by atoms with Crippen LogP contribution in [0.5, 0.6) is 11.5 Å². The molecule has 162 valence electrons. The molecule has 1 aromatic carbocycles. The molecule has 31 heavy (non-hydrogen) atoms. The molecular formula is C22H22N2O5S2. The number of thioether (sulfide) groups is 1. The minimum absolute atomic E-state index is 0.390. The highest BCUT2D eigenvalue weighted by atomic mass is 32.2. The van der Waals surface area contributed by atoms with Crippen LogP contribution in [-0.4, -0.2) is 43.0 Å². The monoisotopic (exact) mass is 458 g/mol. The van der Waals surface area contributed by atoms with Crippen LogP contribution in [0.4, 0.5) is 5.69 Å². The zero-order valence-electron chi connectivity index (χ0n) is 17.2. The molecule has 3 aromatic rings. The van der Waals surface area contributed by atoms with Crippen molar-refractivity contribution in [2.24, 2.45) is 0 Å². The molecule has 0 spiro atoms. The zero-order valence-corrected chi connectivity index (χ0v) is 18.8. The van der Waals surface area contributed by atoms with Crippen molar-refractivity contribution in [3.05, 3.63) is 58.7 Å². The van der Waals surface area contributed by atoms with Crippen molar-refractivity contribution in [2.45, 2.75) is 12.2 Å². The smallest absolute Gasteiger partial charge is 0.341 e. The van der Waals surface area contributed by atoms with Gasteiger partial charge < -0.3 is 24.1 Å². The van der Waals surface area contributed by atoms with Crippen molar-refractivity contribution >= 4 is 40.7 Å². The number of carbonyl (C=O) groups excluding carboxylic acids is 2. The molecule has 4 rings (SSSR count). The Balaban J connectivity index is 1.48. The normalized spacial score (nSPS) is 12.7. The number of nitrogens with one attached hydrogen (secondary N) is 1. The minimum Gasteiger partial charge on any atom is -0.497 e. The maximum atomic E-state index is 13.0. The highest BCUT2D eigenvalue weighted by molar-refractivity contribution is 7.98. The number of methoxy groups -OCH3 is 2. The number of aromatic nitrogens is 1. The summed E-state index contributed by atoms with van der Waals surface area (Å²) in [5.74, 6) is 1.99. The lowest BCUT2D eigenvalue weighted by Crippen LogP contribution is -2.22. The van der Waals surface area contributed by atoms with Crippen molar-refractivity contribution in [1.29, 1.82) is 0 Å². The second kappa shape index (κ2) is 9.49. The summed E-state index contributed by atoms with van der Waals surface area (Å²) < 4.78 is 17.8. The first-order valence-corrected chi connectivity index (χ1v) is 11.6. The van der Waals surface area contributed by atoms with Crippen LogP contribution in [0.3, 0.4) is 0 Å². The third kappa shape index (κ3) is 4.57. The summed E-state index contributed by atoms with van der Waals surface area (Å²) in [6.45, 7) is -0.390. The van der Waals surface area contributed by atoms with Gasteiger partial charge in [-0.05, 0) is 42.0 Å². The van der Waals surface area contributed by atoms with Gasteiger partial charge in [-0.25, -0.2) is 4.79 Å². The average molecular weight is 459 g/mol. The Morgan fingerprint density at radius 2 is 1.97 bits per heavy atom. The lowest BCUT2D eigenvalue weighted by atomic mass is 10.1. The number of esters is 1. The highest BCUT2D eigenvalue weighted by Crippen LogP contribution is 2.38. The average Bonchev–Trinajstić information content (AvgIpc) is 3.45. The number of hydrogen-bond acceptors (Lipinski definition) is 7. The Morgan fingerprint density at radius 1 is 1.16 bits per heavy atom. The molecule has 0 unspecified atom stereocenters. The third-order valence-electron chi connectivity index (χ3n) is 4.86. The van der Waals surface area contributed by atoms with E-state index < -0.39 is 18.5 Å². The van der Waals surface area contributed by atoms with Crippen molar-refractivity contribution in [3.63, 3.8) is 0 Å². The number of fused-ring (bicyclic) bond motifs is 1. The van der Waals surface area contributed by atoms with Crippen LogP contribution in [0.2, 0.25) is 0 Å². The molecule has 0 saturated heterocycles. The minimum atomic E-state index is -0.482. The maximum Gasteiger partial charge on any atom is 0.341 e. The molecule has 1 N–H and O–H groups in total. The largest absolute Gasteiger partial charge is 0.497 e. The van der Waals surface area contributed by atoms with E-state index in [9.17, 15) is 9.59 Å². The van der Waals surface area contributed by atoms with Gasteiger partial charge in [0.1, 0.15) is 16.5 Å². The Labute approximate surface area is 188 Å². The number of amides is 1. The first-order valence-electron chi connectivity index (χ1n) is 9.65. The van der Waals surface area contributed by atoms with Gasteiger partial charge in [-0.15, -0.1) is 11.3 Å². The molecule has 0 atom stereocenters. The molecule has 1 aliphatic rings. The van der Waals surface area contributed by atoms with E-state index in [4.69, 9.17) is 14.2 Å². The predicted octanol–water partition coefficient (Wildman–Crippen LogP) is 4.14. The van der Waals surface area contributed by atoms with E-state index in [1.165, 1.54) is 12.0 Å². The summed E-state index contributed by atoms with van der Waals surface area (Å²) in [5, 5.41) is 3.55. The van der Waals surface area contributed by atoms with E-state index in [1.807, 2.05) is 40.9 Å². The maximum absolute atomic E-state index is 13.0. The van der Waals surface area contributed by atoms with Crippen molar-refractivity contribution in [2.75, 3.05) is 31.9 Å². The molecular weight excluding hydrogens is 436 g/mol. The van der Waals surface area contributed by atoms with Gasteiger partial charge in [-0.1, -0.05) is 0 Å². The van der Waals surface area contributed by atoms with Crippen LogP contribution >= 0.6 is 23.1 Å². The van der Waals surface area contributed by atoms with E-state index in [-0.39, 0.29) is 0 Å². The fourth-order valence-corrected chi connectivity index (χ4v) is 5.81. The van der Waals surface area contributed by atoms with E-state index in [2.05, 4.69) is 5.32 Å². The summed E-state index contributed by atoms with van der Waals surface area (Å²) >= 11 is 3.46. The molecule has 3 heterocycles. The topological polar surface area (TPSA) is 78.8 Å². The number of nitrogens with zero attached hydrogens (tertiary/aromatic N) is 1. The number of rotatable bonds is 7. The molecule has 0 saturated carbocycles. The van der Waals surface area contributed by atoms with Crippen molar-refractivity contribution in [1.82, 2.24) is 4.57 Å². The zero-order chi connectivity index (χ0) is 21.8. The number of benzene rings is 1. The van der Waals surface area contributed by atoms with Gasteiger partial charge in [0.05, 0.1) is 25.5 Å². The van der Waals surface area contributed by atoms with Crippen molar-refractivity contribution in [3.8, 4) is 16.5 Å². The van der Waals surface area contributed by atoms with Crippen LogP contribution in [0.15, 0.2) is 42.7 Å². The van der Waals surface area contributed by atoms with Crippen LogP contribution < -0.4 is 14.8 Å². The Kier molecular flexibility index (Phi) is 6.53. The first kappa shape index (κ1) is 21.3. The van der Waals surface area contributed by atoms with Crippen LogP contribution in [0, 0.1) is 0 Å². The second-order valence-corrected chi connectivity index (χ2v) is 8.96. The van der Waals surface area contributed by atoms with Gasteiger partial charge in [-0.3, -0.25) is 4.79 Å². The summed E-state index contributed by atoms with van der Waals surface area (Å²) in [6.07, 6.45) is 4.63. The summed E-state index contributed by atoms with van der Waals surface area (Å²) in [6, 6.07) is 8.88. The van der Waals surface area contributed by atoms with Crippen LogP contribution in [-0.2, 0) is 21.7 Å². The van der Waals surface area contributed by atoms with Gasteiger partial charge in [-0.2, -0.15) is 11.8 Å². The highest BCUT2D eigenvalue weighted by Gasteiger charge is 2.27. The van der Waals surface area contributed by atoms with Crippen LogP contribution in [0.1, 0.15) is 20.8 Å². The lowest BCUT2D eigenvalue weighted by Gasteiger charge is -2.13. The van der Waals surface area contributed by atoms with Gasteiger partial charge in [0.2, 0.25) is 0 Å². The molecule has 0 aliphatic carbocycles. The fraction of sp³-hybridized carbons (Fsp3) is 0.273. The third-order valence-corrected chi connectivity index (χ3v) is 7.28. The standard InChI is InChI=1S/C22H22N2O5S2/c1-27-14-5-6-16(17(11-14)28-2)23-19(25)12-29-22(26)20-15-7-10-30-13-18(15)31-21(20)24-8-3-4-9-24/h3-6,8-9,11H,7,10,12-13H2,1-2H3,(H,23,25). The van der Waals surface area contributed by atoms with E-state index in [0.717, 1.165) is 28.5 Å². The number of anilines is 1. The SMILES string of the molecule is COc1ccc(NC(=O)COC(=O)c2c(-n3cccc3)sc3c2CCSC3)c(OC)c1. The summed E-state index contributed by atoms with van der Waals surface area (Å²) in [7, 11) is 3.06. The van der Waals surface area contributed by atoms with Gasteiger partial charge in [0.25, 0.3) is 5.91 Å². The van der Waals surface area contributed by atoms with Gasteiger partial charge >= 0.3 is 5.97 Å². The Morgan fingerprint density at radius 3 is 2.71 bits per heavy atom. The Hall–Kier alpha value is -2.91. The van der Waals surface area contributed by atoms with E-state index >= 15 is 0 Å². The second-order valence-electron chi connectivity index (χ2n) is 6.77. The predicted molar refractivity (Wildman–Crippen MR) is 122 cm³/mol. The number of thiophene rings is 1. The number of ether oxygens (including phenoxy) is 3. The van der Waals surface area contributed by atoms with Gasteiger partial charge in [0.15, 0.2) is 6.61 Å². The molecule has 9 heteroatoms. The van der Waals surface area contributed by atoms with Crippen molar-refractivity contribution < 1.29 is 23.8 Å². The quantitative estimate of drug-likeness (QED) is 0.536. The molecule has 2 aromatic heterocycles. The fourth-order valence-electron chi connectivity index (χ4n) is 3.37. The van der Waals surface area contributed by atoms with E-state index in [0.29, 0.717) is 22.7 Å². The summed E-state index contributed by atoms with van der Waals surface area (Å²) in [5.41, 5.74) is 2.07. The Bertz CT molecular complexity index is 1090. The van der Waals surface area contributed by atoms with Crippen LogP contribution in [0.25, 0.3) is 5.00 Å². The molecule has 7 nitrogen and oxygen atoms in total. The molecule has 1 amide bonds. The molecule has 1 aliphatic heterocycles. The summed E-state index contributed by atoms with van der Waals surface area (Å²) in [4.78, 5) is 26.6. The number of hydrogen-bond donors (Lipinski definition) is 1. The molecule has 0 fully saturated rings. The molecule has 0 bridgehead atoms.